The van der Waals surface area contributed by atoms with E-state index < -0.39 is 19.1 Å². The number of carbonyl (C=O) groups is 1. The third-order valence-electron chi connectivity index (χ3n) is 2.37. The number of carbonyl (C=O) groups excluding carboxylic acids is 1. The lowest BCUT2D eigenvalue weighted by Crippen LogP contribution is -2.02. The molecular weight excluding hydrogens is 264 g/mol. The van der Waals surface area contributed by atoms with Crippen molar-refractivity contribution >= 4 is 29.0 Å². The summed E-state index contributed by atoms with van der Waals surface area (Å²) in [6.07, 6.45) is 0.672. The van der Waals surface area contributed by atoms with E-state index in [0.717, 1.165) is 5.69 Å². The normalized spacial score (nSPS) is 13.3. The number of hydrogen-bond acceptors (Lipinski definition) is 5. The summed E-state index contributed by atoms with van der Waals surface area (Å²) in [4.78, 5) is 15.9. The molecule has 98 valence electrons. The number of nitrogens with zero attached hydrogens (tertiary/aromatic N) is 3. The van der Waals surface area contributed by atoms with Crippen LogP contribution in [0.1, 0.15) is 33.4 Å². The average molecular weight is 280 g/mol. The summed E-state index contributed by atoms with van der Waals surface area (Å²) in [5, 5.41) is 10.8. The largest absolute Gasteiger partial charge is 0.323 e. The van der Waals surface area contributed by atoms with Crippen molar-refractivity contribution in [3.63, 3.8) is 0 Å². The molecule has 0 amide bonds. The third-order valence-corrected chi connectivity index (χ3v) is 2.68. The Morgan fingerprint density at radius 1 is 1.42 bits per heavy atom. The summed E-state index contributed by atoms with van der Waals surface area (Å²) in [6.45, 7) is -0.522. The second kappa shape index (κ2) is 5.75. The van der Waals surface area contributed by atoms with Gasteiger partial charge in [0.25, 0.3) is 0 Å². The molecule has 0 bridgehead atoms. The second-order valence-corrected chi connectivity index (χ2v) is 4.24. The van der Waals surface area contributed by atoms with Gasteiger partial charge in [-0.25, -0.2) is 4.98 Å². The summed E-state index contributed by atoms with van der Waals surface area (Å²) in [5.41, 5.74) is 0.862. The number of halogens is 1. The molecule has 0 saturated carbocycles. The van der Waals surface area contributed by atoms with Crippen LogP contribution in [-0.4, -0.2) is 21.0 Å². The Kier molecular flexibility index (Phi) is 2.99. The van der Waals surface area contributed by atoms with Gasteiger partial charge < -0.3 is 5.32 Å². The van der Waals surface area contributed by atoms with Gasteiger partial charge in [-0.2, -0.15) is 5.10 Å². The zero-order valence-corrected chi connectivity index (χ0v) is 10.9. The number of hydrogen-bond donors (Lipinski definition) is 1. The molecule has 5 nitrogen and oxygen atoms in total. The maximum absolute atomic E-state index is 11.9. The molecule has 0 aromatic carbocycles. The van der Waals surface area contributed by atoms with Crippen molar-refractivity contribution in [3.8, 4) is 0 Å². The maximum Gasteiger partial charge on any atom is 0.165 e. The number of ketones is 1. The topological polar surface area (TPSA) is 67.8 Å². The van der Waals surface area contributed by atoms with Gasteiger partial charge in [-0.15, -0.1) is 5.10 Å². The Morgan fingerprint density at radius 3 is 2.89 bits per heavy atom. The minimum Gasteiger partial charge on any atom is -0.323 e. The molecule has 0 radical (unpaired) electrons. The van der Waals surface area contributed by atoms with E-state index in [4.69, 9.17) is 15.7 Å². The molecule has 0 saturated heterocycles. The van der Waals surface area contributed by atoms with Gasteiger partial charge in [-0.05, 0) is 19.1 Å². The number of pyridine rings is 1. The Morgan fingerprint density at radius 2 is 2.26 bits per heavy atom. The van der Waals surface area contributed by atoms with Crippen molar-refractivity contribution in [3.05, 3.63) is 40.7 Å². The van der Waals surface area contributed by atoms with Crippen molar-refractivity contribution in [2.75, 3.05) is 5.32 Å². The SMILES string of the molecule is [2H]C([2H])([2H])CC(=O)c1cnc(Nc2ccc(C)nn2)cc1Cl. The zero-order valence-electron chi connectivity index (χ0n) is 13.1. The van der Waals surface area contributed by atoms with Crippen molar-refractivity contribution < 1.29 is 8.91 Å². The third kappa shape index (κ3) is 3.26. The predicted octanol–water partition coefficient (Wildman–Crippen LogP) is 3.17. The lowest BCUT2D eigenvalue weighted by molar-refractivity contribution is 0.0988. The van der Waals surface area contributed by atoms with Crippen LogP contribution in [-0.2, 0) is 0 Å². The van der Waals surface area contributed by atoms with Gasteiger partial charge in [-0.1, -0.05) is 18.5 Å². The van der Waals surface area contributed by atoms with Crippen LogP contribution in [0.15, 0.2) is 24.4 Å². The van der Waals surface area contributed by atoms with Gasteiger partial charge in [0.15, 0.2) is 11.6 Å². The number of aromatic nitrogens is 3. The number of nitrogens with one attached hydrogen (secondary N) is 1. The van der Waals surface area contributed by atoms with E-state index in [9.17, 15) is 4.79 Å². The smallest absolute Gasteiger partial charge is 0.165 e. The molecule has 0 aliphatic carbocycles. The number of Topliss-reactive ketones (excluding diaryl/α,β-unsaturated/α-hetero) is 1. The van der Waals surface area contributed by atoms with Crippen LogP contribution in [0.5, 0.6) is 0 Å². The highest BCUT2D eigenvalue weighted by atomic mass is 35.5. The first-order valence-corrected chi connectivity index (χ1v) is 5.88. The Labute approximate surface area is 120 Å². The van der Waals surface area contributed by atoms with Gasteiger partial charge >= 0.3 is 0 Å². The number of anilines is 2. The van der Waals surface area contributed by atoms with E-state index in [0.29, 0.717) is 11.6 Å². The van der Waals surface area contributed by atoms with Crippen LogP contribution in [0.2, 0.25) is 5.02 Å². The van der Waals surface area contributed by atoms with E-state index in [-0.39, 0.29) is 10.6 Å². The maximum atomic E-state index is 11.9. The van der Waals surface area contributed by atoms with Gasteiger partial charge in [0.2, 0.25) is 0 Å². The molecule has 0 fully saturated rings. The molecule has 2 rings (SSSR count). The summed E-state index contributed by atoms with van der Waals surface area (Å²) in [5.74, 6) is 0.295. The molecule has 0 atom stereocenters. The Hall–Kier alpha value is -2.01. The quantitative estimate of drug-likeness (QED) is 0.871. The van der Waals surface area contributed by atoms with E-state index in [1.165, 1.54) is 12.3 Å². The van der Waals surface area contributed by atoms with Crippen LogP contribution in [0.3, 0.4) is 0 Å². The minimum atomic E-state index is -2.34. The van der Waals surface area contributed by atoms with Gasteiger partial charge in [-0.3, -0.25) is 4.79 Å². The first-order valence-electron chi connectivity index (χ1n) is 7.01. The summed E-state index contributed by atoms with van der Waals surface area (Å²) < 4.78 is 21.3. The standard InChI is InChI=1S/C13H13ClN4O/c1-3-11(19)9-7-15-13(6-10(9)14)16-12-5-4-8(2)17-18-12/h4-7H,3H2,1-2H3,(H,15,16,18)/i1D3. The molecule has 19 heavy (non-hydrogen) atoms. The number of rotatable bonds is 4. The molecule has 2 aromatic rings. The Bertz CT molecular complexity index is 689. The van der Waals surface area contributed by atoms with Crippen LogP contribution >= 0.6 is 11.6 Å². The Balaban J connectivity index is 2.15. The molecule has 0 unspecified atom stereocenters. The molecule has 0 aliphatic heterocycles. The monoisotopic (exact) mass is 279 g/mol. The predicted molar refractivity (Wildman–Crippen MR) is 73.9 cm³/mol. The van der Waals surface area contributed by atoms with E-state index in [2.05, 4.69) is 20.5 Å². The van der Waals surface area contributed by atoms with E-state index >= 15 is 0 Å². The van der Waals surface area contributed by atoms with Crippen LogP contribution in [0, 0.1) is 6.92 Å². The zero-order chi connectivity index (χ0) is 16.3. The molecule has 2 heterocycles. The van der Waals surface area contributed by atoms with E-state index in [1.807, 2.05) is 6.92 Å². The molecule has 0 spiro atoms. The molecule has 0 aliphatic rings. The second-order valence-electron chi connectivity index (χ2n) is 3.83. The fraction of sp³-hybridized carbons (Fsp3) is 0.231. The highest BCUT2D eigenvalue weighted by molar-refractivity contribution is 6.34. The molecule has 1 N–H and O–H groups in total. The van der Waals surface area contributed by atoms with Crippen molar-refractivity contribution in [1.82, 2.24) is 15.2 Å². The molecule has 2 aromatic heterocycles. The lowest BCUT2D eigenvalue weighted by Gasteiger charge is -2.06. The highest BCUT2D eigenvalue weighted by Gasteiger charge is 2.10. The summed E-state index contributed by atoms with van der Waals surface area (Å²) in [6, 6.07) is 4.95. The van der Waals surface area contributed by atoms with Crippen LogP contribution in [0.4, 0.5) is 11.6 Å². The van der Waals surface area contributed by atoms with Crippen molar-refractivity contribution in [2.45, 2.75) is 20.2 Å². The molecular formula is C13H13ClN4O. The highest BCUT2D eigenvalue weighted by Crippen LogP contribution is 2.21. The van der Waals surface area contributed by atoms with Gasteiger partial charge in [0.05, 0.1) is 16.3 Å². The van der Waals surface area contributed by atoms with Crippen molar-refractivity contribution in [2.24, 2.45) is 0 Å². The van der Waals surface area contributed by atoms with Gasteiger partial charge in [0, 0.05) is 22.8 Å². The molecule has 6 heteroatoms. The first-order chi connectivity index (χ1) is 10.2. The minimum absolute atomic E-state index is 0.0818. The fourth-order valence-corrected chi connectivity index (χ4v) is 1.65. The van der Waals surface area contributed by atoms with E-state index in [1.54, 1.807) is 12.1 Å². The van der Waals surface area contributed by atoms with Crippen LogP contribution in [0.25, 0.3) is 0 Å². The first kappa shape index (κ1) is 9.86. The number of aryl methyl sites for hydroxylation is 1. The van der Waals surface area contributed by atoms with Crippen molar-refractivity contribution in [1.29, 1.82) is 0 Å². The summed E-state index contributed by atoms with van der Waals surface area (Å²) >= 11 is 6.02. The average Bonchev–Trinajstić information content (AvgIpc) is 2.39. The van der Waals surface area contributed by atoms with Gasteiger partial charge in [0.1, 0.15) is 5.82 Å². The summed E-state index contributed by atoms with van der Waals surface area (Å²) in [7, 11) is 0. The van der Waals surface area contributed by atoms with Crippen LogP contribution < -0.4 is 5.32 Å². The fourth-order valence-electron chi connectivity index (χ4n) is 1.40. The lowest BCUT2D eigenvalue weighted by atomic mass is 10.1.